The fraction of sp³-hybridized carbons (Fsp3) is 0.0952. The Morgan fingerprint density at radius 3 is 2.32 bits per heavy atom. The lowest BCUT2D eigenvalue weighted by molar-refractivity contribution is -0.0292. The number of carbonyl (C=O) groups excluding carboxylic acids is 1. The molecule has 0 saturated carbocycles. The number of rotatable bonds is 1. The summed E-state index contributed by atoms with van der Waals surface area (Å²) in [7, 11) is 0. The van der Waals surface area contributed by atoms with Crippen molar-refractivity contribution in [2.45, 2.75) is 13.1 Å². The Morgan fingerprint density at radius 1 is 0.929 bits per heavy atom. The Labute approximate surface area is 167 Å². The molecule has 2 aromatic rings. The first-order valence-electron chi connectivity index (χ1n) is 8.68. The number of carbonyl (C=O) groups is 1. The Morgan fingerprint density at radius 2 is 1.61 bits per heavy atom. The molecule has 1 N–H and O–H groups in total. The van der Waals surface area contributed by atoms with Crippen LogP contribution in [-0.4, -0.2) is 21.1 Å². The highest BCUT2D eigenvalue weighted by molar-refractivity contribution is 6.31. The van der Waals surface area contributed by atoms with Crippen molar-refractivity contribution in [2.24, 2.45) is 0 Å². The number of halogens is 1. The van der Waals surface area contributed by atoms with Crippen LogP contribution in [0.25, 0.3) is 0 Å². The van der Waals surface area contributed by atoms with Crippen LogP contribution in [0.15, 0.2) is 95.8 Å². The maximum Gasteiger partial charge on any atom is 0.438 e. The van der Waals surface area contributed by atoms with Gasteiger partial charge in [-0.2, -0.15) is 0 Å². The van der Waals surface area contributed by atoms with Crippen LogP contribution in [0.3, 0.4) is 0 Å². The van der Waals surface area contributed by atoms with Gasteiger partial charge in [0.25, 0.3) is 0 Å². The van der Waals surface area contributed by atoms with E-state index in [1.807, 2.05) is 60.7 Å². The number of H-pyrrole nitrogens is 1. The van der Waals surface area contributed by atoms with Crippen LogP contribution in [0.2, 0.25) is 5.02 Å². The average molecular weight is 398 g/mol. The van der Waals surface area contributed by atoms with Crippen molar-refractivity contribution < 1.29 is 14.2 Å². The summed E-state index contributed by atoms with van der Waals surface area (Å²) in [4.78, 5) is 19.4. The van der Waals surface area contributed by atoms with E-state index in [0.29, 0.717) is 18.1 Å². The zero-order valence-electron chi connectivity index (χ0n) is 15.1. The van der Waals surface area contributed by atoms with Gasteiger partial charge >= 0.3 is 6.09 Å². The number of aromatic nitrogens is 2. The van der Waals surface area contributed by atoms with Crippen LogP contribution in [0.4, 0.5) is 4.79 Å². The Bertz CT molecular complexity index is 936. The van der Waals surface area contributed by atoms with Crippen molar-refractivity contribution in [3.8, 4) is 0 Å². The summed E-state index contributed by atoms with van der Waals surface area (Å²) < 4.78 is 5.33. The molecule has 144 valence electrons. The lowest BCUT2D eigenvalue weighted by Crippen LogP contribution is -2.33. The van der Waals surface area contributed by atoms with Crippen LogP contribution in [0.1, 0.15) is 11.1 Å². The van der Waals surface area contributed by atoms with Crippen molar-refractivity contribution in [2.75, 3.05) is 0 Å². The molecule has 1 aromatic heterocycles. The minimum atomic E-state index is -0.559. The van der Waals surface area contributed by atoms with Crippen molar-refractivity contribution in [1.29, 1.82) is 0 Å². The highest BCUT2D eigenvalue weighted by atomic mass is 35.5. The van der Waals surface area contributed by atoms with Gasteiger partial charge in [-0.3, -0.25) is 9.74 Å². The minimum Gasteiger partial charge on any atom is -0.339 e. The molecule has 1 aromatic carbocycles. The lowest BCUT2D eigenvalue weighted by Gasteiger charge is -2.13. The number of nitrogens with zero attached hydrogens (tertiary/aromatic N) is 2. The Kier molecular flexibility index (Phi) is 6.98. The molecule has 3 rings (SSSR count). The third kappa shape index (κ3) is 5.56. The molecule has 2 heterocycles. The molecule has 0 spiro atoms. The summed E-state index contributed by atoms with van der Waals surface area (Å²) >= 11 is 6.20. The highest BCUT2D eigenvalue weighted by Gasteiger charge is 2.26. The molecule has 0 unspecified atom stereocenters. The molecule has 28 heavy (non-hydrogen) atoms. The van der Waals surface area contributed by atoms with Gasteiger partial charge in [0.1, 0.15) is 6.26 Å². The predicted octanol–water partition coefficient (Wildman–Crippen LogP) is 5.00. The predicted molar refractivity (Wildman–Crippen MR) is 107 cm³/mol. The first-order valence-corrected chi connectivity index (χ1v) is 9.06. The Hall–Kier alpha value is -3.38. The van der Waals surface area contributed by atoms with Crippen LogP contribution in [0.5, 0.6) is 0 Å². The van der Waals surface area contributed by atoms with E-state index in [0.717, 1.165) is 16.1 Å². The molecule has 0 radical (unpaired) electrons. The van der Waals surface area contributed by atoms with Crippen molar-refractivity contribution in [1.82, 2.24) is 15.0 Å². The highest BCUT2D eigenvalue weighted by Crippen LogP contribution is 2.28. The van der Waals surface area contributed by atoms with Crippen LogP contribution in [-0.2, 0) is 13.1 Å². The smallest absolute Gasteiger partial charge is 0.339 e. The second-order valence-electron chi connectivity index (χ2n) is 5.81. The maximum absolute atomic E-state index is 12.5. The summed E-state index contributed by atoms with van der Waals surface area (Å²) in [5.41, 5.74) is 1.94. The molecule has 0 saturated heterocycles. The van der Waals surface area contributed by atoms with Gasteiger partial charge in [-0.1, -0.05) is 72.3 Å². The van der Waals surface area contributed by atoms with E-state index in [1.165, 1.54) is 6.26 Å². The fourth-order valence-corrected chi connectivity index (χ4v) is 2.78. The van der Waals surface area contributed by atoms with Gasteiger partial charge in [0.15, 0.2) is 0 Å². The maximum atomic E-state index is 12.5. The van der Waals surface area contributed by atoms with Crippen molar-refractivity contribution in [3.05, 3.63) is 107 Å². The minimum absolute atomic E-state index is 0.386. The number of nitrogens with one attached hydrogen (secondary N) is 1. The number of aromatic amines is 1. The number of benzene rings is 1. The third-order valence-corrected chi connectivity index (χ3v) is 4.21. The van der Waals surface area contributed by atoms with Gasteiger partial charge in [0, 0.05) is 22.8 Å². The summed E-state index contributed by atoms with van der Waals surface area (Å²) in [6, 6.07) is 24.0. The molecule has 7 heteroatoms. The van der Waals surface area contributed by atoms with E-state index in [1.54, 1.807) is 29.3 Å². The number of amides is 1. The van der Waals surface area contributed by atoms with Gasteiger partial charge < -0.3 is 4.52 Å². The summed E-state index contributed by atoms with van der Waals surface area (Å²) in [5.74, 6) is 0. The average Bonchev–Trinajstić information content (AvgIpc) is 3.12. The largest absolute Gasteiger partial charge is 0.438 e. The molecule has 6 nitrogen and oxygen atoms in total. The van der Waals surface area contributed by atoms with E-state index >= 15 is 0 Å². The van der Waals surface area contributed by atoms with Gasteiger partial charge in [-0.25, -0.2) is 9.89 Å². The standard InChI is InChI=1S/C21H20ClN3O3/c22-20-13-11-12-18-16-24(17-19(18)20)21(26)28-25-23-14-9-7-5-3-1-2-4-6-8-10-15-27-25/h1-15,23H,16-17H2. The summed E-state index contributed by atoms with van der Waals surface area (Å²) in [6.45, 7) is 0.815. The quantitative estimate of drug-likeness (QED) is 0.736. The third-order valence-electron chi connectivity index (χ3n) is 3.86. The number of fused-ring (bicyclic) bond motifs is 1. The van der Waals surface area contributed by atoms with E-state index in [4.69, 9.17) is 21.0 Å². The molecule has 1 amide bonds. The SMILES string of the molecule is O=C(On1[nH]cccccccccccco1)N1Cc2cccc(Cl)c2C1. The van der Waals surface area contributed by atoms with E-state index in [-0.39, 0.29) is 0 Å². The molecule has 0 atom stereocenters. The lowest BCUT2D eigenvalue weighted by atomic mass is 10.1. The van der Waals surface area contributed by atoms with Gasteiger partial charge in [0.2, 0.25) is 0 Å². The molecule has 0 bridgehead atoms. The second-order valence-corrected chi connectivity index (χ2v) is 6.22. The molecule has 1 aliphatic heterocycles. The monoisotopic (exact) mass is 397 g/mol. The fourth-order valence-electron chi connectivity index (χ4n) is 2.53. The van der Waals surface area contributed by atoms with Gasteiger partial charge in [-0.15, -0.1) is 0 Å². The van der Waals surface area contributed by atoms with Crippen LogP contribution in [0, 0.1) is 0 Å². The van der Waals surface area contributed by atoms with E-state index in [9.17, 15) is 4.79 Å². The molecular formula is C21H20ClN3O3. The first-order chi connectivity index (χ1) is 13.7. The summed E-state index contributed by atoms with van der Waals surface area (Å²) in [5, 5.41) is 4.27. The normalized spacial score (nSPS) is 11.5. The van der Waals surface area contributed by atoms with Crippen LogP contribution < -0.4 is 4.84 Å². The van der Waals surface area contributed by atoms with Crippen molar-refractivity contribution in [3.63, 3.8) is 0 Å². The number of hydrogen-bond acceptors (Lipinski definition) is 3. The molecule has 0 aliphatic carbocycles. The van der Waals surface area contributed by atoms with Gasteiger partial charge in [-0.05, 0) is 29.3 Å². The molecular weight excluding hydrogens is 378 g/mol. The number of hydrogen-bond donors (Lipinski definition) is 1. The molecule has 1 aliphatic rings. The summed E-state index contributed by atoms with van der Waals surface area (Å²) in [6.07, 6.45) is 2.41. The second kappa shape index (κ2) is 10.1. The van der Waals surface area contributed by atoms with E-state index < -0.39 is 6.09 Å². The first kappa shape index (κ1) is 19.4. The Balaban J connectivity index is 1.80. The zero-order valence-corrected chi connectivity index (χ0v) is 15.8. The molecule has 0 fully saturated rings. The topological polar surface area (TPSA) is 63.4 Å². The van der Waals surface area contributed by atoms with Crippen LogP contribution >= 0.6 is 11.6 Å². The zero-order chi connectivity index (χ0) is 19.6. The van der Waals surface area contributed by atoms with Crippen molar-refractivity contribution >= 4 is 17.7 Å². The van der Waals surface area contributed by atoms with E-state index in [2.05, 4.69) is 5.10 Å². The van der Waals surface area contributed by atoms with Gasteiger partial charge in [0.05, 0.1) is 6.54 Å².